The number of allylic oxidation sites excluding steroid dienone is 1. The lowest BCUT2D eigenvalue weighted by atomic mass is 9.83. The van der Waals surface area contributed by atoms with E-state index >= 15 is 0 Å². The first-order valence-corrected chi connectivity index (χ1v) is 7.22. The number of fused-ring (bicyclic) bond motifs is 1. The van der Waals surface area contributed by atoms with E-state index in [0.29, 0.717) is 17.9 Å². The van der Waals surface area contributed by atoms with E-state index < -0.39 is 18.0 Å². The smallest absolute Gasteiger partial charge is 0.353 e. The van der Waals surface area contributed by atoms with Gasteiger partial charge in [0.05, 0.1) is 18.1 Å². The molecule has 0 radical (unpaired) electrons. The van der Waals surface area contributed by atoms with Crippen LogP contribution in [0.3, 0.4) is 0 Å². The lowest BCUT2D eigenvalue weighted by molar-refractivity contribution is -0.161. The first-order valence-electron chi connectivity index (χ1n) is 6.40. The van der Waals surface area contributed by atoms with E-state index in [1.165, 1.54) is 16.7 Å². The Labute approximate surface area is 121 Å². The number of rotatable bonds is 5. The zero-order valence-corrected chi connectivity index (χ0v) is 12.2. The van der Waals surface area contributed by atoms with Crippen molar-refractivity contribution >= 4 is 23.6 Å². The number of aliphatic carboxylic acids is 1. The van der Waals surface area contributed by atoms with Gasteiger partial charge in [0, 0.05) is 17.9 Å². The van der Waals surface area contributed by atoms with Gasteiger partial charge in [0.1, 0.15) is 5.70 Å². The second-order valence-corrected chi connectivity index (χ2v) is 6.32. The SMILES string of the molecule is C/C(=C\CN)SC1=C(C(=O)O)N2C(=O)[C@@H]([C@H](C)O)[C@H]2C1. The Kier molecular flexibility index (Phi) is 4.22. The first-order chi connectivity index (χ1) is 9.38. The Morgan fingerprint density at radius 1 is 1.65 bits per heavy atom. The predicted molar refractivity (Wildman–Crippen MR) is 75.5 cm³/mol. The van der Waals surface area contributed by atoms with Gasteiger partial charge in [0.15, 0.2) is 0 Å². The van der Waals surface area contributed by atoms with Crippen molar-refractivity contribution in [2.45, 2.75) is 32.4 Å². The van der Waals surface area contributed by atoms with Crippen LogP contribution in [0.2, 0.25) is 0 Å². The maximum Gasteiger partial charge on any atom is 0.353 e. The van der Waals surface area contributed by atoms with Crippen molar-refractivity contribution < 1.29 is 19.8 Å². The van der Waals surface area contributed by atoms with Crippen LogP contribution in [0.4, 0.5) is 0 Å². The number of nitrogens with zero attached hydrogens (tertiary/aromatic N) is 1. The molecule has 20 heavy (non-hydrogen) atoms. The minimum absolute atomic E-state index is 0.0478. The van der Waals surface area contributed by atoms with E-state index in [1.54, 1.807) is 13.0 Å². The molecule has 3 atom stereocenters. The van der Waals surface area contributed by atoms with Gasteiger partial charge in [-0.15, -0.1) is 0 Å². The fraction of sp³-hybridized carbons (Fsp3) is 0.538. The van der Waals surface area contributed by atoms with Gasteiger partial charge in [-0.3, -0.25) is 4.79 Å². The van der Waals surface area contributed by atoms with Gasteiger partial charge in [-0.1, -0.05) is 17.8 Å². The van der Waals surface area contributed by atoms with Crippen molar-refractivity contribution in [3.8, 4) is 0 Å². The molecule has 0 aromatic rings. The van der Waals surface area contributed by atoms with Gasteiger partial charge in [-0.25, -0.2) is 4.79 Å². The summed E-state index contributed by atoms with van der Waals surface area (Å²) in [6.07, 6.45) is 1.52. The number of hydrogen-bond acceptors (Lipinski definition) is 5. The summed E-state index contributed by atoms with van der Waals surface area (Å²) in [5.41, 5.74) is 5.48. The third-order valence-corrected chi connectivity index (χ3v) is 4.68. The molecule has 2 aliphatic rings. The highest BCUT2D eigenvalue weighted by Gasteiger charge is 2.56. The third-order valence-electron chi connectivity index (χ3n) is 3.58. The standard InChI is InChI=1S/C13H18N2O4S/c1-6(3-4-14)20-9-5-8-10(7(2)16)12(17)15(8)11(9)13(18)19/h3,7-8,10,16H,4-5,14H2,1-2H3,(H,18,19)/b6-3+/t7-,8+,10-/m0/s1. The van der Waals surface area contributed by atoms with Gasteiger partial charge in [-0.05, 0) is 18.8 Å². The maximum atomic E-state index is 12.0. The molecule has 1 saturated heterocycles. The normalized spacial score (nSPS) is 27.5. The molecule has 2 rings (SSSR count). The van der Waals surface area contributed by atoms with E-state index in [0.717, 1.165) is 4.91 Å². The summed E-state index contributed by atoms with van der Waals surface area (Å²) in [7, 11) is 0. The summed E-state index contributed by atoms with van der Waals surface area (Å²) in [4.78, 5) is 26.2. The van der Waals surface area contributed by atoms with Crippen LogP contribution in [0.25, 0.3) is 0 Å². The minimum atomic E-state index is -1.10. The number of thioether (sulfide) groups is 1. The van der Waals surface area contributed by atoms with Crippen LogP contribution in [0.15, 0.2) is 21.6 Å². The quantitative estimate of drug-likeness (QED) is 0.638. The van der Waals surface area contributed by atoms with Crippen LogP contribution in [0, 0.1) is 5.92 Å². The minimum Gasteiger partial charge on any atom is -0.477 e. The Balaban J connectivity index is 2.26. The molecule has 2 aliphatic heterocycles. The second kappa shape index (κ2) is 5.59. The predicted octanol–water partition coefficient (Wildman–Crippen LogP) is 0.490. The van der Waals surface area contributed by atoms with Crippen molar-refractivity contribution in [2.75, 3.05) is 6.54 Å². The topological polar surface area (TPSA) is 104 Å². The van der Waals surface area contributed by atoms with Crippen molar-refractivity contribution in [2.24, 2.45) is 11.7 Å². The number of amides is 1. The average molecular weight is 298 g/mol. The molecule has 0 bridgehead atoms. The zero-order valence-electron chi connectivity index (χ0n) is 11.4. The van der Waals surface area contributed by atoms with Gasteiger partial charge < -0.3 is 20.8 Å². The fourth-order valence-corrected chi connectivity index (χ4v) is 3.83. The molecule has 0 aromatic heterocycles. The number of aliphatic hydroxyl groups excluding tert-OH is 1. The fourth-order valence-electron chi connectivity index (χ4n) is 2.72. The van der Waals surface area contributed by atoms with Crippen molar-refractivity contribution in [3.05, 3.63) is 21.6 Å². The number of aliphatic hydroxyl groups is 1. The largest absolute Gasteiger partial charge is 0.477 e. The molecule has 0 aliphatic carbocycles. The van der Waals surface area contributed by atoms with Crippen molar-refractivity contribution in [1.82, 2.24) is 4.90 Å². The van der Waals surface area contributed by atoms with Gasteiger partial charge in [-0.2, -0.15) is 0 Å². The number of hydrogen-bond donors (Lipinski definition) is 3. The molecule has 0 aromatic carbocycles. The molecule has 110 valence electrons. The Morgan fingerprint density at radius 3 is 2.80 bits per heavy atom. The molecule has 1 amide bonds. The van der Waals surface area contributed by atoms with Crippen LogP contribution in [0.5, 0.6) is 0 Å². The molecular weight excluding hydrogens is 280 g/mol. The van der Waals surface area contributed by atoms with Crippen LogP contribution < -0.4 is 5.73 Å². The lowest BCUT2D eigenvalue weighted by Gasteiger charge is -2.44. The van der Waals surface area contributed by atoms with E-state index in [-0.39, 0.29) is 17.6 Å². The van der Waals surface area contributed by atoms with Crippen LogP contribution in [-0.2, 0) is 9.59 Å². The molecular formula is C13H18N2O4S. The van der Waals surface area contributed by atoms with Crippen molar-refractivity contribution in [1.29, 1.82) is 0 Å². The summed E-state index contributed by atoms with van der Waals surface area (Å²) >= 11 is 1.34. The van der Waals surface area contributed by atoms with Gasteiger partial charge in [0.2, 0.25) is 5.91 Å². The highest BCUT2D eigenvalue weighted by molar-refractivity contribution is 8.06. The van der Waals surface area contributed by atoms with Crippen LogP contribution >= 0.6 is 11.8 Å². The summed E-state index contributed by atoms with van der Waals surface area (Å²) in [5, 5.41) is 18.9. The Morgan fingerprint density at radius 2 is 2.30 bits per heavy atom. The van der Waals surface area contributed by atoms with Crippen LogP contribution in [0.1, 0.15) is 20.3 Å². The number of carbonyl (C=O) groups excluding carboxylic acids is 1. The van der Waals surface area contributed by atoms with E-state index in [1.807, 2.05) is 6.92 Å². The van der Waals surface area contributed by atoms with E-state index in [2.05, 4.69) is 0 Å². The summed E-state index contributed by atoms with van der Waals surface area (Å²) < 4.78 is 0. The average Bonchev–Trinajstić information content (AvgIpc) is 2.63. The molecule has 6 nitrogen and oxygen atoms in total. The maximum absolute atomic E-state index is 12.0. The Bertz CT molecular complexity index is 513. The van der Waals surface area contributed by atoms with Gasteiger partial charge in [0.25, 0.3) is 0 Å². The van der Waals surface area contributed by atoms with Crippen LogP contribution in [-0.4, -0.2) is 45.7 Å². The Hall–Kier alpha value is -1.31. The summed E-state index contributed by atoms with van der Waals surface area (Å²) in [6, 6.07) is -0.234. The first kappa shape index (κ1) is 15.1. The molecule has 0 unspecified atom stereocenters. The molecule has 4 N–H and O–H groups in total. The van der Waals surface area contributed by atoms with E-state index in [4.69, 9.17) is 5.73 Å². The van der Waals surface area contributed by atoms with E-state index in [9.17, 15) is 19.8 Å². The monoisotopic (exact) mass is 298 g/mol. The number of nitrogens with two attached hydrogens (primary N) is 1. The second-order valence-electron chi connectivity index (χ2n) is 4.98. The molecule has 2 heterocycles. The molecule has 0 saturated carbocycles. The molecule has 0 spiro atoms. The highest BCUT2D eigenvalue weighted by Crippen LogP contribution is 2.48. The zero-order chi connectivity index (χ0) is 15.0. The summed E-state index contributed by atoms with van der Waals surface area (Å²) in [6.45, 7) is 3.80. The summed E-state index contributed by atoms with van der Waals surface area (Å²) in [5.74, 6) is -1.91. The number of carboxylic acid groups (broad SMARTS) is 1. The number of β-lactam (4-membered cyclic amide) rings is 1. The lowest BCUT2D eigenvalue weighted by Crippen LogP contribution is -2.61. The number of carboxylic acids is 1. The highest BCUT2D eigenvalue weighted by atomic mass is 32.2. The van der Waals surface area contributed by atoms with Crippen molar-refractivity contribution in [3.63, 3.8) is 0 Å². The molecule has 1 fully saturated rings. The molecule has 7 heteroatoms. The third kappa shape index (κ3) is 2.36. The number of carbonyl (C=O) groups is 2. The van der Waals surface area contributed by atoms with Gasteiger partial charge >= 0.3 is 5.97 Å².